The largest absolute Gasteiger partial charge is 0.504 e. The Labute approximate surface area is 240 Å². The van der Waals surface area contributed by atoms with E-state index in [0.29, 0.717) is 23.1 Å². The summed E-state index contributed by atoms with van der Waals surface area (Å²) in [4.78, 5) is 22.9. The van der Waals surface area contributed by atoms with Crippen LogP contribution in [0.1, 0.15) is 55.3 Å². The Hall–Kier alpha value is -2.74. The molecule has 212 valence electrons. The molecule has 6 nitrogen and oxygen atoms in total. The van der Waals surface area contributed by atoms with Crippen LogP contribution in [0.4, 0.5) is 10.1 Å². The Bertz CT molecular complexity index is 1390. The number of rotatable bonds is 8. The van der Waals surface area contributed by atoms with Gasteiger partial charge in [-0.2, -0.15) is 0 Å². The number of likely N-dealkylation sites (tertiary alicyclic amines) is 1. The number of anilines is 1. The molecule has 3 aromatic rings. The molecule has 1 saturated heterocycles. The minimum Gasteiger partial charge on any atom is -0.504 e. The lowest BCUT2D eigenvalue weighted by Gasteiger charge is -2.33. The highest BCUT2D eigenvalue weighted by Crippen LogP contribution is 2.40. The van der Waals surface area contributed by atoms with Gasteiger partial charge in [-0.15, -0.1) is 0 Å². The van der Waals surface area contributed by atoms with E-state index in [1.54, 1.807) is 12.3 Å². The number of aromatic hydroxyl groups is 1. The van der Waals surface area contributed by atoms with Crippen molar-refractivity contribution in [1.29, 1.82) is 0 Å². The molecule has 6 rings (SSSR count). The third kappa shape index (κ3) is 5.69. The first-order valence-electron chi connectivity index (χ1n) is 14.6. The van der Waals surface area contributed by atoms with E-state index in [0.717, 1.165) is 47.8 Å². The molecule has 3 aliphatic rings. The second-order valence-corrected chi connectivity index (χ2v) is 12.6. The molecule has 8 heteroatoms. The normalized spacial score (nSPS) is 23.7. The Balaban J connectivity index is 1.24. The number of phenolic OH excluding ortho intramolecular Hbond substituents is 1. The lowest BCUT2D eigenvalue weighted by Crippen LogP contribution is -2.36. The summed E-state index contributed by atoms with van der Waals surface area (Å²) in [7, 11) is 4.36. The molecule has 2 aliphatic carbocycles. The fourth-order valence-electron chi connectivity index (χ4n) is 6.47. The van der Waals surface area contributed by atoms with Crippen molar-refractivity contribution in [1.82, 2.24) is 14.8 Å². The summed E-state index contributed by atoms with van der Waals surface area (Å²) in [6.07, 6.45) is 9.31. The summed E-state index contributed by atoms with van der Waals surface area (Å²) in [6.45, 7) is 3.53. The van der Waals surface area contributed by atoms with E-state index < -0.39 is 11.6 Å². The quantitative estimate of drug-likeness (QED) is 0.300. The van der Waals surface area contributed by atoms with Crippen LogP contribution in [0.2, 0.25) is 5.02 Å². The fourth-order valence-corrected chi connectivity index (χ4v) is 6.68. The highest BCUT2D eigenvalue weighted by atomic mass is 35.5. The van der Waals surface area contributed by atoms with E-state index in [1.165, 1.54) is 45.0 Å². The predicted molar refractivity (Wildman–Crippen MR) is 159 cm³/mol. The molecule has 2 aromatic carbocycles. The highest BCUT2D eigenvalue weighted by molar-refractivity contribution is 6.32. The first-order chi connectivity index (χ1) is 19.3. The minimum atomic E-state index is -0.764. The molecule has 0 amide bonds. The van der Waals surface area contributed by atoms with Crippen molar-refractivity contribution >= 4 is 34.0 Å². The van der Waals surface area contributed by atoms with Crippen molar-refractivity contribution in [2.75, 3.05) is 39.0 Å². The highest BCUT2D eigenvalue weighted by Gasteiger charge is 2.34. The number of nitrogens with one attached hydrogen (secondary N) is 1. The Kier molecular flexibility index (Phi) is 7.73. The van der Waals surface area contributed by atoms with Crippen molar-refractivity contribution in [3.63, 3.8) is 0 Å². The van der Waals surface area contributed by atoms with Gasteiger partial charge in [0, 0.05) is 42.7 Å². The summed E-state index contributed by atoms with van der Waals surface area (Å²) in [5.74, 6) is -0.374. The van der Waals surface area contributed by atoms with Gasteiger partial charge in [-0.1, -0.05) is 17.7 Å². The van der Waals surface area contributed by atoms with Crippen LogP contribution in [-0.2, 0) is 0 Å². The summed E-state index contributed by atoms with van der Waals surface area (Å²) < 4.78 is 14.3. The maximum Gasteiger partial charge on any atom is 0.170 e. The maximum atomic E-state index is 14.3. The van der Waals surface area contributed by atoms with Crippen LogP contribution in [0, 0.1) is 17.7 Å². The molecule has 3 fully saturated rings. The first-order valence-corrected chi connectivity index (χ1v) is 14.9. The standard InChI is InChI=1S/C32H38ClFN4O2/c1-37(2)24-11-12-38(18-24)17-19-3-8-23(9-4-19)36-30-25-13-21(22-14-27(33)32(40)28(34)15-22)7-10-29(25)35-16-26(30)31(39)20-5-6-20/h7,10,13-16,19-20,23-24,40H,3-6,8-9,11-12,17-18H2,1-2H3,(H,35,36). The average Bonchev–Trinajstić information content (AvgIpc) is 3.70. The number of hydrogen-bond donors (Lipinski definition) is 2. The Morgan fingerprint density at radius 3 is 2.55 bits per heavy atom. The van der Waals surface area contributed by atoms with Crippen molar-refractivity contribution in [3.8, 4) is 16.9 Å². The second kappa shape index (κ2) is 11.3. The van der Waals surface area contributed by atoms with Crippen LogP contribution in [0.25, 0.3) is 22.0 Å². The van der Waals surface area contributed by atoms with Gasteiger partial charge in [0.05, 0.1) is 21.8 Å². The molecule has 0 bridgehead atoms. The zero-order valence-corrected chi connectivity index (χ0v) is 24.1. The van der Waals surface area contributed by atoms with E-state index in [-0.39, 0.29) is 22.8 Å². The molecule has 0 radical (unpaired) electrons. The van der Waals surface area contributed by atoms with Crippen molar-refractivity contribution in [2.45, 2.75) is 57.0 Å². The van der Waals surface area contributed by atoms with Gasteiger partial charge in [0.1, 0.15) is 0 Å². The minimum absolute atomic E-state index is 0.0350. The number of ketones is 1. The lowest BCUT2D eigenvalue weighted by molar-refractivity contribution is 0.0968. The van der Waals surface area contributed by atoms with Gasteiger partial charge in [0.15, 0.2) is 17.3 Å². The molecular formula is C32H38ClFN4O2. The number of carbonyl (C=O) groups is 1. The SMILES string of the molecule is CN(C)C1CCN(CC2CCC(Nc3c(C(=O)C4CC4)cnc4ccc(-c5cc(F)c(O)c(Cl)c5)cc34)CC2)C1. The van der Waals surface area contributed by atoms with E-state index in [4.69, 9.17) is 11.6 Å². The number of phenols is 1. The van der Waals surface area contributed by atoms with Crippen molar-refractivity contribution in [3.05, 3.63) is 52.9 Å². The number of nitrogens with zero attached hydrogens (tertiary/aromatic N) is 3. The Morgan fingerprint density at radius 2 is 1.88 bits per heavy atom. The number of likely N-dealkylation sites (N-methyl/N-ethyl adjacent to an activating group) is 1. The number of fused-ring (bicyclic) bond motifs is 1. The van der Waals surface area contributed by atoms with Gasteiger partial charge in [-0.05, 0) is 107 Å². The van der Waals surface area contributed by atoms with Gasteiger partial charge < -0.3 is 20.2 Å². The van der Waals surface area contributed by atoms with Gasteiger partial charge in [0.25, 0.3) is 0 Å². The molecule has 2 saturated carbocycles. The van der Waals surface area contributed by atoms with Gasteiger partial charge in [0.2, 0.25) is 0 Å². The zero-order chi connectivity index (χ0) is 28.0. The first kappa shape index (κ1) is 27.4. The summed E-state index contributed by atoms with van der Waals surface area (Å²) >= 11 is 6.08. The molecular weight excluding hydrogens is 527 g/mol. The lowest BCUT2D eigenvalue weighted by atomic mass is 9.85. The molecule has 0 spiro atoms. The third-order valence-corrected chi connectivity index (χ3v) is 9.41. The van der Waals surface area contributed by atoms with Crippen LogP contribution in [-0.4, -0.2) is 71.5 Å². The van der Waals surface area contributed by atoms with Crippen molar-refractivity contribution in [2.24, 2.45) is 11.8 Å². The predicted octanol–water partition coefficient (Wildman–Crippen LogP) is 6.60. The Morgan fingerprint density at radius 1 is 1.10 bits per heavy atom. The van der Waals surface area contributed by atoms with Gasteiger partial charge >= 0.3 is 0 Å². The number of benzene rings is 2. The number of aromatic nitrogens is 1. The molecule has 1 unspecified atom stereocenters. The van der Waals surface area contributed by atoms with Gasteiger partial charge in [-0.25, -0.2) is 4.39 Å². The zero-order valence-electron chi connectivity index (χ0n) is 23.3. The van der Waals surface area contributed by atoms with E-state index in [1.807, 2.05) is 18.2 Å². The van der Waals surface area contributed by atoms with Crippen LogP contribution >= 0.6 is 11.6 Å². The van der Waals surface area contributed by atoms with Crippen molar-refractivity contribution < 1.29 is 14.3 Å². The number of Topliss-reactive ketones (excluding diaryl/α,β-unsaturated/α-hetero) is 1. The molecule has 40 heavy (non-hydrogen) atoms. The third-order valence-electron chi connectivity index (χ3n) is 9.12. The summed E-state index contributed by atoms with van der Waals surface area (Å²) in [6, 6.07) is 9.51. The van der Waals surface area contributed by atoms with E-state index >= 15 is 0 Å². The van der Waals surface area contributed by atoms with Crippen LogP contribution in [0.3, 0.4) is 0 Å². The van der Waals surface area contributed by atoms with Crippen LogP contribution in [0.15, 0.2) is 36.5 Å². The average molecular weight is 565 g/mol. The number of pyridine rings is 1. The molecule has 1 aromatic heterocycles. The number of hydrogen-bond acceptors (Lipinski definition) is 6. The van der Waals surface area contributed by atoms with Crippen LogP contribution < -0.4 is 5.32 Å². The fraction of sp³-hybridized carbons (Fsp3) is 0.500. The number of halogens is 2. The smallest absolute Gasteiger partial charge is 0.170 e. The summed E-state index contributed by atoms with van der Waals surface area (Å²) in [5.41, 5.74) is 3.58. The topological polar surface area (TPSA) is 68.7 Å². The maximum absolute atomic E-state index is 14.3. The van der Waals surface area contributed by atoms with Crippen LogP contribution in [0.5, 0.6) is 5.75 Å². The molecule has 2 N–H and O–H groups in total. The monoisotopic (exact) mass is 564 g/mol. The second-order valence-electron chi connectivity index (χ2n) is 12.2. The summed E-state index contributed by atoms with van der Waals surface area (Å²) in [5, 5.41) is 14.4. The molecule has 2 heterocycles. The molecule has 1 aliphatic heterocycles. The number of carbonyl (C=O) groups excluding carboxylic acids is 1. The van der Waals surface area contributed by atoms with Gasteiger partial charge in [-0.3, -0.25) is 9.78 Å². The van der Waals surface area contributed by atoms with E-state index in [2.05, 4.69) is 34.2 Å². The molecule has 1 atom stereocenters. The van der Waals surface area contributed by atoms with E-state index in [9.17, 15) is 14.3 Å².